The van der Waals surface area contributed by atoms with Crippen LogP contribution in [0.4, 0.5) is 9.59 Å². The quantitative estimate of drug-likeness (QED) is 0.596. The van der Waals surface area contributed by atoms with Crippen molar-refractivity contribution in [3.05, 3.63) is 96.1 Å². The van der Waals surface area contributed by atoms with Crippen LogP contribution in [0.5, 0.6) is 11.5 Å². The van der Waals surface area contributed by atoms with Gasteiger partial charge in [0.25, 0.3) is 0 Å². The lowest BCUT2D eigenvalue weighted by atomic mass is 10.1. The molecule has 0 saturated heterocycles. The van der Waals surface area contributed by atoms with E-state index in [0.29, 0.717) is 0 Å². The number of rotatable bonds is 4. The van der Waals surface area contributed by atoms with Crippen LogP contribution in [0, 0.1) is 0 Å². The highest BCUT2D eigenvalue weighted by molar-refractivity contribution is 5.94. The Labute approximate surface area is 181 Å². The zero-order chi connectivity index (χ0) is 22.8. The summed E-state index contributed by atoms with van der Waals surface area (Å²) in [6, 6.07) is 21.5. The van der Waals surface area contributed by atoms with Crippen LogP contribution in [-0.4, -0.2) is 24.1 Å². The molecule has 0 bridgehead atoms. The van der Waals surface area contributed by atoms with Crippen molar-refractivity contribution in [1.29, 1.82) is 0 Å². The van der Waals surface area contributed by atoms with Crippen LogP contribution < -0.4 is 20.4 Å². The Morgan fingerprint density at radius 2 is 0.844 bits per heavy atom. The molecule has 0 aliphatic rings. The Morgan fingerprint density at radius 1 is 0.500 bits per heavy atom. The van der Waals surface area contributed by atoms with Gasteiger partial charge < -0.3 is 19.1 Å². The standard InChI is InChI=1S/C22H16N2O8/c25-19(31-23-21(27)29-17-7-3-1-4-8-17)15-11-13-16(14-12-15)20(26)32-24-22(28)30-18-9-5-2-6-10-18/h1-14H,(H,23,27)(H,24,28). The maximum atomic E-state index is 12.0. The first-order valence-electron chi connectivity index (χ1n) is 9.09. The van der Waals surface area contributed by atoms with Gasteiger partial charge in [-0.2, -0.15) is 0 Å². The minimum absolute atomic E-state index is 0.0398. The lowest BCUT2D eigenvalue weighted by Gasteiger charge is -2.08. The predicted octanol–water partition coefficient (Wildman–Crippen LogP) is 3.41. The molecular formula is C22H16N2O8. The van der Waals surface area contributed by atoms with Gasteiger partial charge in [-0.15, -0.1) is 11.0 Å². The van der Waals surface area contributed by atoms with E-state index < -0.39 is 24.1 Å². The van der Waals surface area contributed by atoms with E-state index in [1.54, 1.807) is 60.7 Å². The van der Waals surface area contributed by atoms with Gasteiger partial charge in [0, 0.05) is 0 Å². The fraction of sp³-hybridized carbons (Fsp3) is 0. The second-order valence-corrected chi connectivity index (χ2v) is 5.97. The van der Waals surface area contributed by atoms with Crippen molar-refractivity contribution < 1.29 is 38.3 Å². The van der Waals surface area contributed by atoms with Crippen LogP contribution in [-0.2, 0) is 9.68 Å². The third kappa shape index (κ3) is 6.59. The van der Waals surface area contributed by atoms with E-state index in [0.717, 1.165) is 0 Å². The van der Waals surface area contributed by atoms with E-state index in [4.69, 9.17) is 9.47 Å². The van der Waals surface area contributed by atoms with Gasteiger partial charge in [0.15, 0.2) is 0 Å². The van der Waals surface area contributed by atoms with Gasteiger partial charge >= 0.3 is 24.1 Å². The molecule has 162 valence electrons. The minimum Gasteiger partial charge on any atom is -0.408 e. The molecule has 0 saturated carbocycles. The summed E-state index contributed by atoms with van der Waals surface area (Å²) in [5, 5.41) is 0. The van der Waals surface area contributed by atoms with Crippen molar-refractivity contribution in [3.63, 3.8) is 0 Å². The van der Waals surface area contributed by atoms with Gasteiger partial charge in [-0.05, 0) is 48.5 Å². The fourth-order valence-corrected chi connectivity index (χ4v) is 2.27. The first-order chi connectivity index (χ1) is 15.5. The number of ether oxygens (including phenoxy) is 2. The zero-order valence-electron chi connectivity index (χ0n) is 16.3. The number of hydroxylamine groups is 2. The molecule has 0 aliphatic carbocycles. The third-order valence-electron chi connectivity index (χ3n) is 3.72. The number of nitrogens with one attached hydrogen (secondary N) is 2. The monoisotopic (exact) mass is 436 g/mol. The molecule has 3 aromatic rings. The molecule has 3 aromatic carbocycles. The highest BCUT2D eigenvalue weighted by atomic mass is 16.7. The van der Waals surface area contributed by atoms with Gasteiger partial charge in [0.2, 0.25) is 0 Å². The number of amides is 2. The molecule has 0 atom stereocenters. The van der Waals surface area contributed by atoms with E-state index in [9.17, 15) is 19.2 Å². The number of para-hydroxylation sites is 2. The minimum atomic E-state index is -0.988. The maximum absolute atomic E-state index is 12.0. The summed E-state index contributed by atoms with van der Waals surface area (Å²) in [6.07, 6.45) is -1.98. The lowest BCUT2D eigenvalue weighted by molar-refractivity contribution is 0.0267. The molecule has 3 rings (SSSR count). The first-order valence-corrected chi connectivity index (χ1v) is 9.09. The van der Waals surface area contributed by atoms with Crippen molar-refractivity contribution in [2.24, 2.45) is 0 Å². The Morgan fingerprint density at radius 3 is 1.19 bits per heavy atom. The summed E-state index contributed by atoms with van der Waals surface area (Å²) in [4.78, 5) is 56.5. The van der Waals surface area contributed by atoms with Crippen molar-refractivity contribution in [1.82, 2.24) is 11.0 Å². The Balaban J connectivity index is 1.44. The second kappa shape index (κ2) is 10.8. The van der Waals surface area contributed by atoms with E-state index in [1.165, 1.54) is 24.3 Å². The molecular weight excluding hydrogens is 420 g/mol. The van der Waals surface area contributed by atoms with Crippen molar-refractivity contribution >= 4 is 24.1 Å². The van der Waals surface area contributed by atoms with Crippen LogP contribution in [0.3, 0.4) is 0 Å². The lowest BCUT2D eigenvalue weighted by Crippen LogP contribution is -2.30. The van der Waals surface area contributed by atoms with Crippen LogP contribution in [0.2, 0.25) is 0 Å². The van der Waals surface area contributed by atoms with Gasteiger partial charge in [-0.3, -0.25) is 0 Å². The van der Waals surface area contributed by atoms with Gasteiger partial charge in [-0.1, -0.05) is 36.4 Å². The molecule has 0 radical (unpaired) electrons. The number of hydrogen-bond donors (Lipinski definition) is 2. The summed E-state index contributed by atoms with van der Waals surface area (Å²) < 4.78 is 9.80. The molecule has 10 heteroatoms. The average molecular weight is 436 g/mol. The van der Waals surface area contributed by atoms with Crippen molar-refractivity contribution in [2.75, 3.05) is 0 Å². The fourth-order valence-electron chi connectivity index (χ4n) is 2.27. The molecule has 10 nitrogen and oxygen atoms in total. The average Bonchev–Trinajstić information content (AvgIpc) is 2.82. The van der Waals surface area contributed by atoms with E-state index in [-0.39, 0.29) is 22.6 Å². The van der Waals surface area contributed by atoms with Crippen LogP contribution in [0.15, 0.2) is 84.9 Å². The summed E-state index contributed by atoms with van der Waals surface area (Å²) in [5.41, 5.74) is 3.79. The van der Waals surface area contributed by atoms with E-state index >= 15 is 0 Å². The van der Waals surface area contributed by atoms with Gasteiger partial charge in [0.05, 0.1) is 11.1 Å². The number of carbonyl (C=O) groups excluding carboxylic acids is 4. The highest BCUT2D eigenvalue weighted by Gasteiger charge is 2.15. The summed E-state index contributed by atoms with van der Waals surface area (Å²) >= 11 is 0. The number of benzene rings is 3. The molecule has 2 amide bonds. The molecule has 0 fully saturated rings. The molecule has 0 aromatic heterocycles. The van der Waals surface area contributed by atoms with Crippen LogP contribution >= 0.6 is 0 Å². The largest absolute Gasteiger partial charge is 0.446 e. The van der Waals surface area contributed by atoms with Gasteiger partial charge in [0.1, 0.15) is 11.5 Å². The highest BCUT2D eigenvalue weighted by Crippen LogP contribution is 2.10. The summed E-state index contributed by atoms with van der Waals surface area (Å²) in [7, 11) is 0. The van der Waals surface area contributed by atoms with Crippen LogP contribution in [0.1, 0.15) is 20.7 Å². The molecule has 0 heterocycles. The number of carbonyl (C=O) groups is 4. The Kier molecular flexibility index (Phi) is 7.36. The zero-order valence-corrected chi connectivity index (χ0v) is 16.3. The van der Waals surface area contributed by atoms with E-state index in [2.05, 4.69) is 9.68 Å². The second-order valence-electron chi connectivity index (χ2n) is 5.97. The Hall–Kier alpha value is -4.86. The van der Waals surface area contributed by atoms with Crippen molar-refractivity contribution in [2.45, 2.75) is 0 Å². The molecule has 0 unspecified atom stereocenters. The molecule has 2 N–H and O–H groups in total. The third-order valence-corrected chi connectivity index (χ3v) is 3.72. The van der Waals surface area contributed by atoms with E-state index in [1.807, 2.05) is 11.0 Å². The van der Waals surface area contributed by atoms with Gasteiger partial charge in [-0.25, -0.2) is 19.2 Å². The SMILES string of the molecule is O=C(NOC(=O)c1ccc(C(=O)ONC(=O)Oc2ccccc2)cc1)Oc1ccccc1. The normalized spacial score (nSPS) is 9.75. The van der Waals surface area contributed by atoms with Crippen LogP contribution in [0.25, 0.3) is 0 Å². The first kappa shape index (κ1) is 21.8. The molecule has 0 spiro atoms. The molecule has 32 heavy (non-hydrogen) atoms. The Bertz CT molecular complexity index is 997. The molecule has 0 aliphatic heterocycles. The maximum Gasteiger partial charge on any atom is 0.446 e. The summed E-state index contributed by atoms with van der Waals surface area (Å²) in [5.74, 6) is -1.24. The van der Waals surface area contributed by atoms with Crippen molar-refractivity contribution in [3.8, 4) is 11.5 Å². The topological polar surface area (TPSA) is 129 Å². The number of hydrogen-bond acceptors (Lipinski definition) is 8. The predicted molar refractivity (Wildman–Crippen MR) is 108 cm³/mol. The smallest absolute Gasteiger partial charge is 0.408 e. The summed E-state index contributed by atoms with van der Waals surface area (Å²) in [6.45, 7) is 0.